The summed E-state index contributed by atoms with van der Waals surface area (Å²) in [6, 6.07) is 14.0. The highest BCUT2D eigenvalue weighted by molar-refractivity contribution is 6.36. The fraction of sp³-hybridized carbons (Fsp3) is 0.333. The zero-order chi connectivity index (χ0) is 20.5. The molecule has 0 saturated carbocycles. The summed E-state index contributed by atoms with van der Waals surface area (Å²) in [5, 5.41) is 3.73. The number of benzene rings is 2. The molecule has 0 heterocycles. The van der Waals surface area contributed by atoms with Gasteiger partial charge in [-0.05, 0) is 42.5 Å². The molecule has 0 aliphatic heterocycles. The predicted octanol–water partition coefficient (Wildman–Crippen LogP) is 4.60. The Hall–Kier alpha value is -2.24. The molecule has 0 aliphatic rings. The van der Waals surface area contributed by atoms with Crippen LogP contribution in [0.25, 0.3) is 0 Å². The van der Waals surface area contributed by atoms with E-state index in [1.807, 2.05) is 44.2 Å². The van der Waals surface area contributed by atoms with E-state index in [0.717, 1.165) is 5.56 Å². The minimum absolute atomic E-state index is 0.158. The summed E-state index contributed by atoms with van der Waals surface area (Å²) in [5.74, 6) is -0.244. The first-order chi connectivity index (χ1) is 13.3. The maximum atomic E-state index is 12.6. The molecule has 2 aromatic rings. The summed E-state index contributed by atoms with van der Waals surface area (Å²) in [7, 11) is 0. The van der Waals surface area contributed by atoms with Crippen LogP contribution in [0.4, 0.5) is 5.69 Å². The fourth-order valence-corrected chi connectivity index (χ4v) is 3.13. The fourth-order valence-electron chi connectivity index (χ4n) is 2.68. The molecular formula is C21H25Cl2N3O2. The van der Waals surface area contributed by atoms with E-state index in [1.165, 1.54) is 0 Å². The third kappa shape index (κ3) is 7.41. The van der Waals surface area contributed by atoms with E-state index in [4.69, 9.17) is 23.2 Å². The van der Waals surface area contributed by atoms with E-state index in [2.05, 4.69) is 16.2 Å². The van der Waals surface area contributed by atoms with Crippen molar-refractivity contribution in [2.75, 3.05) is 5.43 Å². The lowest BCUT2D eigenvalue weighted by Gasteiger charge is -2.21. The van der Waals surface area contributed by atoms with E-state index in [9.17, 15) is 9.59 Å². The first kappa shape index (κ1) is 22.1. The van der Waals surface area contributed by atoms with Crippen molar-refractivity contribution < 1.29 is 9.59 Å². The summed E-state index contributed by atoms with van der Waals surface area (Å²) >= 11 is 12.0. The minimum Gasteiger partial charge on any atom is -0.344 e. The number of hydrogen-bond donors (Lipinski definition) is 3. The smallest absolute Gasteiger partial charge is 0.260 e. The lowest BCUT2D eigenvalue weighted by Crippen LogP contribution is -2.49. The van der Waals surface area contributed by atoms with Gasteiger partial charge in [0.15, 0.2) is 0 Å². The molecule has 1 unspecified atom stereocenters. The first-order valence-electron chi connectivity index (χ1n) is 9.19. The average Bonchev–Trinajstić information content (AvgIpc) is 2.65. The van der Waals surface area contributed by atoms with Crippen LogP contribution >= 0.6 is 23.2 Å². The third-order valence-electron chi connectivity index (χ3n) is 4.09. The van der Waals surface area contributed by atoms with E-state index in [0.29, 0.717) is 35.0 Å². The van der Waals surface area contributed by atoms with Crippen molar-refractivity contribution in [1.82, 2.24) is 10.7 Å². The van der Waals surface area contributed by atoms with Gasteiger partial charge < -0.3 is 5.32 Å². The standard InChI is InChI=1S/C21H25Cl2N3O2/c1-14(2)12-19(24-20(27)11-8-15-6-4-3-5-7-15)21(28)26-25-18-10-9-16(22)13-17(18)23/h3-7,9-10,13-14,19,25H,8,11-12H2,1-2H3,(H,24,27)(H,26,28). The van der Waals surface area contributed by atoms with Crippen molar-refractivity contribution in [3.8, 4) is 0 Å². The van der Waals surface area contributed by atoms with Crippen LogP contribution < -0.4 is 16.2 Å². The predicted molar refractivity (Wildman–Crippen MR) is 114 cm³/mol. The van der Waals surface area contributed by atoms with E-state index >= 15 is 0 Å². The molecule has 0 aliphatic carbocycles. The SMILES string of the molecule is CC(C)CC(NC(=O)CCc1ccccc1)C(=O)NNc1ccc(Cl)cc1Cl. The number of hydrogen-bond acceptors (Lipinski definition) is 3. The van der Waals surface area contributed by atoms with Crippen LogP contribution in [0.15, 0.2) is 48.5 Å². The second-order valence-electron chi connectivity index (χ2n) is 6.97. The molecule has 2 amide bonds. The van der Waals surface area contributed by atoms with Crippen molar-refractivity contribution in [2.24, 2.45) is 5.92 Å². The molecule has 0 spiro atoms. The Balaban J connectivity index is 1.91. The third-order valence-corrected chi connectivity index (χ3v) is 4.64. The molecule has 1 atom stereocenters. The van der Waals surface area contributed by atoms with Gasteiger partial charge in [0.2, 0.25) is 5.91 Å². The van der Waals surface area contributed by atoms with Gasteiger partial charge in [-0.25, -0.2) is 0 Å². The largest absolute Gasteiger partial charge is 0.344 e. The summed E-state index contributed by atoms with van der Waals surface area (Å²) < 4.78 is 0. The second-order valence-corrected chi connectivity index (χ2v) is 7.82. The van der Waals surface area contributed by atoms with Gasteiger partial charge in [-0.3, -0.25) is 20.4 Å². The number of amides is 2. The van der Waals surface area contributed by atoms with Gasteiger partial charge in [-0.1, -0.05) is 67.4 Å². The molecular weight excluding hydrogens is 397 g/mol. The summed E-state index contributed by atoms with van der Waals surface area (Å²) in [6.45, 7) is 4.00. The molecule has 0 bridgehead atoms. The number of carbonyl (C=O) groups is 2. The summed E-state index contributed by atoms with van der Waals surface area (Å²) in [5.41, 5.74) is 7.01. The maximum absolute atomic E-state index is 12.6. The number of halogens is 2. The molecule has 7 heteroatoms. The van der Waals surface area contributed by atoms with Crippen LogP contribution in [-0.4, -0.2) is 17.9 Å². The molecule has 0 radical (unpaired) electrons. The van der Waals surface area contributed by atoms with Crippen molar-refractivity contribution >= 4 is 40.7 Å². The molecule has 0 fully saturated rings. The maximum Gasteiger partial charge on any atom is 0.260 e. The summed E-state index contributed by atoms with van der Waals surface area (Å²) in [6.07, 6.45) is 1.47. The summed E-state index contributed by atoms with van der Waals surface area (Å²) in [4.78, 5) is 24.9. The van der Waals surface area contributed by atoms with Crippen LogP contribution in [0.5, 0.6) is 0 Å². The second kappa shape index (κ2) is 10.9. The van der Waals surface area contributed by atoms with E-state index < -0.39 is 6.04 Å². The number of aryl methyl sites for hydroxylation is 1. The number of nitrogens with one attached hydrogen (secondary N) is 3. The highest BCUT2D eigenvalue weighted by Crippen LogP contribution is 2.24. The zero-order valence-corrected chi connectivity index (χ0v) is 17.5. The van der Waals surface area contributed by atoms with Crippen molar-refractivity contribution in [1.29, 1.82) is 0 Å². The lowest BCUT2D eigenvalue weighted by molar-refractivity contribution is -0.129. The van der Waals surface area contributed by atoms with Gasteiger partial charge in [-0.15, -0.1) is 0 Å². The zero-order valence-electron chi connectivity index (χ0n) is 16.0. The molecule has 2 rings (SSSR count). The van der Waals surface area contributed by atoms with Crippen LogP contribution in [-0.2, 0) is 16.0 Å². The molecule has 2 aromatic carbocycles. The van der Waals surface area contributed by atoms with Gasteiger partial charge in [0.1, 0.15) is 6.04 Å². The Morgan fingerprint density at radius 1 is 1.04 bits per heavy atom. The van der Waals surface area contributed by atoms with Crippen LogP contribution in [0.2, 0.25) is 10.0 Å². The lowest BCUT2D eigenvalue weighted by atomic mass is 10.0. The number of rotatable bonds is 9. The van der Waals surface area contributed by atoms with E-state index in [1.54, 1.807) is 18.2 Å². The van der Waals surface area contributed by atoms with Crippen molar-refractivity contribution in [3.63, 3.8) is 0 Å². The van der Waals surface area contributed by atoms with Gasteiger partial charge in [0.25, 0.3) is 5.91 Å². The van der Waals surface area contributed by atoms with Crippen molar-refractivity contribution in [2.45, 2.75) is 39.2 Å². The molecule has 0 saturated heterocycles. The molecule has 150 valence electrons. The van der Waals surface area contributed by atoms with E-state index in [-0.39, 0.29) is 17.7 Å². The monoisotopic (exact) mass is 421 g/mol. The van der Waals surface area contributed by atoms with Gasteiger partial charge in [0.05, 0.1) is 10.7 Å². The molecule has 28 heavy (non-hydrogen) atoms. The average molecular weight is 422 g/mol. The Morgan fingerprint density at radius 3 is 2.39 bits per heavy atom. The van der Waals surface area contributed by atoms with Crippen LogP contribution in [0, 0.1) is 5.92 Å². The molecule has 3 N–H and O–H groups in total. The quantitative estimate of drug-likeness (QED) is 0.518. The first-order valence-corrected chi connectivity index (χ1v) is 9.95. The van der Waals surface area contributed by atoms with Gasteiger partial charge in [-0.2, -0.15) is 0 Å². The number of carbonyl (C=O) groups excluding carboxylic acids is 2. The van der Waals surface area contributed by atoms with Crippen LogP contribution in [0.1, 0.15) is 32.3 Å². The minimum atomic E-state index is -0.637. The normalized spacial score (nSPS) is 11.8. The molecule has 0 aromatic heterocycles. The topological polar surface area (TPSA) is 70.2 Å². The van der Waals surface area contributed by atoms with Crippen LogP contribution in [0.3, 0.4) is 0 Å². The highest BCUT2D eigenvalue weighted by atomic mass is 35.5. The van der Waals surface area contributed by atoms with Gasteiger partial charge >= 0.3 is 0 Å². The van der Waals surface area contributed by atoms with Crippen molar-refractivity contribution in [3.05, 3.63) is 64.1 Å². The Labute approximate surface area is 175 Å². The Morgan fingerprint density at radius 2 is 1.75 bits per heavy atom. The number of anilines is 1. The highest BCUT2D eigenvalue weighted by Gasteiger charge is 2.22. The Bertz CT molecular complexity index is 797. The molecule has 5 nitrogen and oxygen atoms in total. The van der Waals surface area contributed by atoms with Gasteiger partial charge in [0, 0.05) is 11.4 Å². The number of hydrazine groups is 1. The Kier molecular flexibility index (Phi) is 8.61.